The van der Waals surface area contributed by atoms with Gasteiger partial charge in [-0.3, -0.25) is 0 Å². The van der Waals surface area contributed by atoms with Crippen LogP contribution < -0.4 is 0 Å². The first-order valence-electron chi connectivity index (χ1n) is 4.30. The molecule has 0 unspecified atom stereocenters. The van der Waals surface area contributed by atoms with E-state index in [4.69, 9.17) is 23.2 Å². The molecule has 0 atom stereocenters. The molecule has 0 aliphatic carbocycles. The van der Waals surface area contributed by atoms with Crippen molar-refractivity contribution < 1.29 is 0 Å². The van der Waals surface area contributed by atoms with Gasteiger partial charge in [-0.25, -0.2) is 4.98 Å². The summed E-state index contributed by atoms with van der Waals surface area (Å²) < 4.78 is 0. The van der Waals surface area contributed by atoms with E-state index in [0.717, 1.165) is 5.56 Å². The summed E-state index contributed by atoms with van der Waals surface area (Å²) in [6, 6.07) is 9.66. The van der Waals surface area contributed by atoms with Crippen molar-refractivity contribution in [2.75, 3.05) is 0 Å². The lowest BCUT2D eigenvalue weighted by Gasteiger charge is -2.01. The molecule has 15 heavy (non-hydrogen) atoms. The molecule has 0 spiro atoms. The third-order valence-electron chi connectivity index (χ3n) is 1.84. The second-order valence-electron chi connectivity index (χ2n) is 2.87. The summed E-state index contributed by atoms with van der Waals surface area (Å²) in [7, 11) is 0. The van der Waals surface area contributed by atoms with Gasteiger partial charge < -0.3 is 0 Å². The van der Waals surface area contributed by atoms with Crippen LogP contribution in [0.1, 0.15) is 10.7 Å². The molecule has 0 fully saturated rings. The Hall–Kier alpha value is -1.19. The van der Waals surface area contributed by atoms with Gasteiger partial charge in [0.2, 0.25) is 0 Å². The van der Waals surface area contributed by atoms with E-state index >= 15 is 0 Å². The molecule has 1 aromatic carbocycles. The minimum Gasteiger partial charge on any atom is -0.235 e. The van der Waals surface area contributed by atoms with Gasteiger partial charge in [-0.05, 0) is 0 Å². The average Bonchev–Trinajstić information content (AvgIpc) is 2.30. The zero-order valence-corrected chi connectivity index (χ0v) is 9.15. The summed E-state index contributed by atoms with van der Waals surface area (Å²) in [5.41, 5.74) is 1.66. The van der Waals surface area contributed by atoms with Crippen molar-refractivity contribution in [2.45, 2.75) is 4.84 Å². The molecular weight excluding hydrogens is 233 g/mol. The largest absolute Gasteiger partial charge is 0.235 e. The molecule has 1 aromatic heterocycles. The molecule has 3 nitrogen and oxygen atoms in total. The third kappa shape index (κ3) is 2.43. The summed E-state index contributed by atoms with van der Waals surface area (Å²) in [6.07, 6.45) is 1.61. The first-order chi connectivity index (χ1) is 7.27. The number of benzene rings is 1. The van der Waals surface area contributed by atoms with Gasteiger partial charge in [0.25, 0.3) is 0 Å². The first-order valence-corrected chi connectivity index (χ1v) is 5.18. The summed E-state index contributed by atoms with van der Waals surface area (Å²) in [4.78, 5) is 3.28. The van der Waals surface area contributed by atoms with Crippen LogP contribution in [0.4, 0.5) is 0 Å². The fourth-order valence-corrected chi connectivity index (χ4v) is 1.33. The van der Waals surface area contributed by atoms with Gasteiger partial charge in [-0.15, -0.1) is 10.2 Å². The third-order valence-corrected chi connectivity index (χ3v) is 2.23. The van der Waals surface area contributed by atoms with Gasteiger partial charge in [0.1, 0.15) is 5.69 Å². The molecule has 0 radical (unpaired) electrons. The fourth-order valence-electron chi connectivity index (χ4n) is 1.13. The molecule has 1 heterocycles. The molecular formula is C10H7Cl2N3. The van der Waals surface area contributed by atoms with E-state index < -0.39 is 4.84 Å². The van der Waals surface area contributed by atoms with E-state index in [1.54, 1.807) is 6.20 Å². The van der Waals surface area contributed by atoms with Crippen LogP contribution in [0.25, 0.3) is 11.3 Å². The van der Waals surface area contributed by atoms with E-state index in [-0.39, 0.29) is 0 Å². The van der Waals surface area contributed by atoms with Crippen molar-refractivity contribution in [1.29, 1.82) is 0 Å². The molecule has 0 aliphatic rings. The lowest BCUT2D eigenvalue weighted by atomic mass is 10.2. The van der Waals surface area contributed by atoms with Crippen LogP contribution in [-0.4, -0.2) is 15.2 Å². The Labute approximate surface area is 97.1 Å². The fraction of sp³-hybridized carbons (Fsp3) is 0.100. The number of halogens is 2. The Kier molecular flexibility index (Phi) is 3.14. The van der Waals surface area contributed by atoms with Gasteiger partial charge in [-0.2, -0.15) is 0 Å². The Balaban J connectivity index is 2.32. The minimum atomic E-state index is -0.734. The Morgan fingerprint density at radius 2 is 1.73 bits per heavy atom. The van der Waals surface area contributed by atoms with Crippen LogP contribution >= 0.6 is 23.2 Å². The predicted molar refractivity (Wildman–Crippen MR) is 59.7 cm³/mol. The molecule has 0 aliphatic heterocycles. The Morgan fingerprint density at radius 3 is 2.27 bits per heavy atom. The standard InChI is InChI=1S/C10H7Cl2N3/c11-9(12)10-13-6-8(14-15-10)7-4-2-1-3-5-7/h1-6,9H. The van der Waals surface area contributed by atoms with Crippen LogP contribution in [0.5, 0.6) is 0 Å². The van der Waals surface area contributed by atoms with Gasteiger partial charge >= 0.3 is 0 Å². The monoisotopic (exact) mass is 239 g/mol. The first kappa shape index (κ1) is 10.3. The number of hydrogen-bond acceptors (Lipinski definition) is 3. The second kappa shape index (κ2) is 4.55. The molecule has 0 amide bonds. The van der Waals surface area contributed by atoms with E-state index in [9.17, 15) is 0 Å². The summed E-state index contributed by atoms with van der Waals surface area (Å²) >= 11 is 11.2. The number of hydrogen-bond donors (Lipinski definition) is 0. The summed E-state index contributed by atoms with van der Waals surface area (Å²) in [5, 5.41) is 7.82. The van der Waals surface area contributed by atoms with Crippen molar-refractivity contribution in [3.8, 4) is 11.3 Å². The Morgan fingerprint density at radius 1 is 1.00 bits per heavy atom. The molecule has 0 bridgehead atoms. The quantitative estimate of drug-likeness (QED) is 0.757. The van der Waals surface area contributed by atoms with Crippen LogP contribution in [0, 0.1) is 0 Å². The van der Waals surface area contributed by atoms with Crippen LogP contribution in [0.3, 0.4) is 0 Å². The Bertz CT molecular complexity index is 428. The van der Waals surface area contributed by atoms with Crippen LogP contribution in [-0.2, 0) is 0 Å². The van der Waals surface area contributed by atoms with Gasteiger partial charge in [-0.1, -0.05) is 53.5 Å². The highest BCUT2D eigenvalue weighted by molar-refractivity contribution is 6.43. The normalized spacial score (nSPS) is 10.6. The van der Waals surface area contributed by atoms with Crippen LogP contribution in [0.2, 0.25) is 0 Å². The van der Waals surface area contributed by atoms with Gasteiger partial charge in [0.05, 0.1) is 6.20 Å². The zero-order chi connectivity index (χ0) is 10.7. The molecule has 76 valence electrons. The van der Waals surface area contributed by atoms with Crippen molar-refractivity contribution >= 4 is 23.2 Å². The number of nitrogens with zero attached hydrogens (tertiary/aromatic N) is 3. The summed E-state index contributed by atoms with van der Waals surface area (Å²) in [6.45, 7) is 0. The van der Waals surface area contributed by atoms with E-state index in [0.29, 0.717) is 11.5 Å². The molecule has 2 aromatic rings. The number of alkyl halides is 2. The molecule has 2 rings (SSSR count). The average molecular weight is 240 g/mol. The minimum absolute atomic E-state index is 0.318. The molecule has 0 saturated heterocycles. The van der Waals surface area contributed by atoms with E-state index in [1.807, 2.05) is 30.3 Å². The van der Waals surface area contributed by atoms with Crippen molar-refractivity contribution in [1.82, 2.24) is 15.2 Å². The van der Waals surface area contributed by atoms with Crippen molar-refractivity contribution in [3.63, 3.8) is 0 Å². The van der Waals surface area contributed by atoms with Crippen molar-refractivity contribution in [2.24, 2.45) is 0 Å². The lowest BCUT2D eigenvalue weighted by Crippen LogP contribution is -1.97. The van der Waals surface area contributed by atoms with Crippen molar-refractivity contribution in [3.05, 3.63) is 42.4 Å². The maximum absolute atomic E-state index is 5.60. The SMILES string of the molecule is ClC(Cl)c1ncc(-c2ccccc2)nn1. The highest BCUT2D eigenvalue weighted by Gasteiger charge is 2.07. The van der Waals surface area contributed by atoms with Gasteiger partial charge in [0.15, 0.2) is 10.7 Å². The molecule has 5 heteroatoms. The maximum atomic E-state index is 5.60. The smallest absolute Gasteiger partial charge is 0.184 e. The second-order valence-corrected chi connectivity index (χ2v) is 3.96. The topological polar surface area (TPSA) is 38.7 Å². The van der Waals surface area contributed by atoms with Gasteiger partial charge in [0, 0.05) is 5.56 Å². The highest BCUT2D eigenvalue weighted by atomic mass is 35.5. The number of rotatable bonds is 2. The van der Waals surface area contributed by atoms with Crippen LogP contribution in [0.15, 0.2) is 36.5 Å². The molecule has 0 N–H and O–H groups in total. The number of aromatic nitrogens is 3. The summed E-state index contributed by atoms with van der Waals surface area (Å²) in [5.74, 6) is 0.318. The highest BCUT2D eigenvalue weighted by Crippen LogP contribution is 2.21. The van der Waals surface area contributed by atoms with E-state index in [1.165, 1.54) is 0 Å². The molecule has 0 saturated carbocycles. The van der Waals surface area contributed by atoms with E-state index in [2.05, 4.69) is 15.2 Å². The lowest BCUT2D eigenvalue weighted by molar-refractivity contribution is 0.891. The predicted octanol–water partition coefficient (Wildman–Crippen LogP) is 3.01. The maximum Gasteiger partial charge on any atom is 0.184 e. The zero-order valence-electron chi connectivity index (χ0n) is 7.64.